The van der Waals surface area contributed by atoms with Crippen LogP contribution in [0.4, 0.5) is 27.4 Å². The number of hydrogen-bond acceptors (Lipinski definition) is 5. The van der Waals surface area contributed by atoms with Crippen molar-refractivity contribution < 1.29 is 4.39 Å². The number of para-hydroxylation sites is 2. The maximum atomic E-state index is 13.8. The summed E-state index contributed by atoms with van der Waals surface area (Å²) in [6, 6.07) is 17.3. The minimum absolute atomic E-state index is 0.332. The average Bonchev–Trinajstić information content (AvgIpc) is 2.57. The quantitative estimate of drug-likeness (QED) is 0.750. The van der Waals surface area contributed by atoms with Gasteiger partial charge in [-0.3, -0.25) is 0 Å². The SMILES string of the molecule is Cc1nc(Nc2ccccc2F)cc(Nc2ccccc2C#N)n1. The van der Waals surface area contributed by atoms with E-state index in [9.17, 15) is 4.39 Å². The zero-order valence-electron chi connectivity index (χ0n) is 12.9. The molecule has 0 saturated carbocycles. The summed E-state index contributed by atoms with van der Waals surface area (Å²) in [4.78, 5) is 8.56. The first-order chi connectivity index (χ1) is 11.7. The van der Waals surface area contributed by atoms with Gasteiger partial charge in [0.15, 0.2) is 0 Å². The highest BCUT2D eigenvalue weighted by atomic mass is 19.1. The van der Waals surface area contributed by atoms with Gasteiger partial charge in [-0.05, 0) is 31.2 Å². The molecule has 6 heteroatoms. The van der Waals surface area contributed by atoms with Gasteiger partial charge >= 0.3 is 0 Å². The summed E-state index contributed by atoms with van der Waals surface area (Å²) < 4.78 is 13.8. The molecule has 0 unspecified atom stereocenters. The van der Waals surface area contributed by atoms with Crippen LogP contribution in [0.25, 0.3) is 0 Å². The van der Waals surface area contributed by atoms with Crippen LogP contribution in [-0.2, 0) is 0 Å². The second kappa shape index (κ2) is 6.75. The summed E-state index contributed by atoms with van der Waals surface area (Å²) >= 11 is 0. The van der Waals surface area contributed by atoms with Crippen molar-refractivity contribution in [3.63, 3.8) is 0 Å². The number of halogens is 1. The topological polar surface area (TPSA) is 73.6 Å². The van der Waals surface area contributed by atoms with Crippen LogP contribution in [0.5, 0.6) is 0 Å². The number of anilines is 4. The molecule has 5 nitrogen and oxygen atoms in total. The Hall–Kier alpha value is -3.46. The van der Waals surface area contributed by atoms with E-state index in [1.807, 2.05) is 6.07 Å². The van der Waals surface area contributed by atoms with Crippen LogP contribution in [0.3, 0.4) is 0 Å². The second-order valence-electron chi connectivity index (χ2n) is 5.07. The number of nitrogens with zero attached hydrogens (tertiary/aromatic N) is 3. The summed E-state index contributed by atoms with van der Waals surface area (Å²) in [5.41, 5.74) is 1.49. The lowest BCUT2D eigenvalue weighted by atomic mass is 10.2. The van der Waals surface area contributed by atoms with E-state index >= 15 is 0 Å². The molecule has 1 aromatic heterocycles. The number of rotatable bonds is 4. The van der Waals surface area contributed by atoms with Gasteiger partial charge in [0.25, 0.3) is 0 Å². The summed E-state index contributed by atoms with van der Waals surface area (Å²) in [6.07, 6.45) is 0. The van der Waals surface area contributed by atoms with Crippen LogP contribution >= 0.6 is 0 Å². The minimum Gasteiger partial charge on any atom is -0.339 e. The Morgan fingerprint density at radius 3 is 2.17 bits per heavy atom. The number of hydrogen-bond donors (Lipinski definition) is 2. The third-order valence-electron chi connectivity index (χ3n) is 3.28. The highest BCUT2D eigenvalue weighted by molar-refractivity contribution is 5.67. The van der Waals surface area contributed by atoms with Crippen molar-refractivity contribution in [1.82, 2.24) is 9.97 Å². The Kier molecular flexibility index (Phi) is 4.34. The first-order valence-corrected chi connectivity index (χ1v) is 7.29. The van der Waals surface area contributed by atoms with Crippen LogP contribution < -0.4 is 10.6 Å². The molecule has 0 aliphatic heterocycles. The lowest BCUT2D eigenvalue weighted by Gasteiger charge is -2.11. The minimum atomic E-state index is -0.363. The smallest absolute Gasteiger partial charge is 0.146 e. The largest absolute Gasteiger partial charge is 0.339 e. The fourth-order valence-electron chi connectivity index (χ4n) is 2.22. The van der Waals surface area contributed by atoms with E-state index in [0.717, 1.165) is 0 Å². The van der Waals surface area contributed by atoms with Gasteiger partial charge in [-0.2, -0.15) is 5.26 Å². The molecule has 0 atom stereocenters. The van der Waals surface area contributed by atoms with Gasteiger partial charge in [0.2, 0.25) is 0 Å². The number of aromatic nitrogens is 2. The number of benzene rings is 2. The molecular formula is C18H14FN5. The molecule has 0 aliphatic rings. The highest BCUT2D eigenvalue weighted by Gasteiger charge is 2.07. The first kappa shape index (κ1) is 15.4. The molecule has 2 N–H and O–H groups in total. The lowest BCUT2D eigenvalue weighted by Crippen LogP contribution is -2.03. The third-order valence-corrected chi connectivity index (χ3v) is 3.28. The van der Waals surface area contributed by atoms with E-state index in [1.54, 1.807) is 49.4 Å². The number of nitrogens with one attached hydrogen (secondary N) is 2. The van der Waals surface area contributed by atoms with E-state index in [2.05, 4.69) is 26.7 Å². The van der Waals surface area contributed by atoms with Crippen LogP contribution in [0.2, 0.25) is 0 Å². The number of nitriles is 1. The normalized spacial score (nSPS) is 10.0. The molecule has 1 heterocycles. The summed E-state index contributed by atoms with van der Waals surface area (Å²) in [6.45, 7) is 1.74. The fraction of sp³-hybridized carbons (Fsp3) is 0.0556. The van der Waals surface area contributed by atoms with Crippen LogP contribution in [0, 0.1) is 24.1 Å². The van der Waals surface area contributed by atoms with Crippen molar-refractivity contribution in [2.75, 3.05) is 10.6 Å². The zero-order valence-corrected chi connectivity index (χ0v) is 12.9. The van der Waals surface area contributed by atoms with Gasteiger partial charge in [-0.25, -0.2) is 14.4 Å². The third kappa shape index (κ3) is 3.47. The summed E-state index contributed by atoms with van der Waals surface area (Å²) in [5.74, 6) is 1.14. The molecule has 0 fully saturated rings. The molecule has 2 aromatic carbocycles. The predicted octanol–water partition coefficient (Wildman–Crippen LogP) is 4.28. The maximum Gasteiger partial charge on any atom is 0.146 e. The summed E-state index contributed by atoms with van der Waals surface area (Å²) in [5, 5.41) is 15.2. The molecule has 0 radical (unpaired) electrons. The van der Waals surface area contributed by atoms with Crippen LogP contribution in [0.1, 0.15) is 11.4 Å². The van der Waals surface area contributed by atoms with Crippen molar-refractivity contribution >= 4 is 23.0 Å². The monoisotopic (exact) mass is 319 g/mol. The lowest BCUT2D eigenvalue weighted by molar-refractivity contribution is 0.632. The van der Waals surface area contributed by atoms with Crippen molar-refractivity contribution in [1.29, 1.82) is 5.26 Å². The van der Waals surface area contributed by atoms with Gasteiger partial charge in [-0.1, -0.05) is 24.3 Å². The fourth-order valence-corrected chi connectivity index (χ4v) is 2.22. The van der Waals surface area contributed by atoms with E-state index < -0.39 is 0 Å². The van der Waals surface area contributed by atoms with Gasteiger partial charge in [0, 0.05) is 6.07 Å². The van der Waals surface area contributed by atoms with Gasteiger partial charge < -0.3 is 10.6 Å². The van der Waals surface area contributed by atoms with Gasteiger partial charge in [0.05, 0.1) is 16.9 Å². The van der Waals surface area contributed by atoms with Crippen LogP contribution in [0.15, 0.2) is 54.6 Å². The predicted molar refractivity (Wildman–Crippen MR) is 90.9 cm³/mol. The molecule has 118 valence electrons. The zero-order chi connectivity index (χ0) is 16.9. The maximum absolute atomic E-state index is 13.8. The Bertz CT molecular complexity index is 917. The first-order valence-electron chi connectivity index (χ1n) is 7.29. The van der Waals surface area contributed by atoms with Crippen LogP contribution in [-0.4, -0.2) is 9.97 Å². The highest BCUT2D eigenvalue weighted by Crippen LogP contribution is 2.23. The van der Waals surface area contributed by atoms with Crippen molar-refractivity contribution in [3.8, 4) is 6.07 Å². The second-order valence-corrected chi connectivity index (χ2v) is 5.07. The Labute approximate surface area is 138 Å². The molecular weight excluding hydrogens is 305 g/mol. The Morgan fingerprint density at radius 2 is 1.50 bits per heavy atom. The molecule has 0 bridgehead atoms. The Morgan fingerprint density at radius 1 is 0.917 bits per heavy atom. The molecule has 0 saturated heterocycles. The molecule has 3 rings (SSSR count). The van der Waals surface area contributed by atoms with E-state index in [0.29, 0.717) is 34.4 Å². The van der Waals surface area contributed by atoms with Crippen molar-refractivity contribution in [3.05, 3.63) is 71.8 Å². The van der Waals surface area contributed by atoms with Crippen molar-refractivity contribution in [2.24, 2.45) is 0 Å². The standard InChI is InChI=1S/C18H14FN5/c1-12-21-17(23-15-8-4-2-6-13(15)11-20)10-18(22-12)24-16-9-5-3-7-14(16)19/h2-10H,1H3,(H2,21,22,23,24). The molecule has 3 aromatic rings. The average molecular weight is 319 g/mol. The van der Waals surface area contributed by atoms with E-state index in [-0.39, 0.29) is 5.82 Å². The van der Waals surface area contributed by atoms with Gasteiger partial charge in [-0.15, -0.1) is 0 Å². The van der Waals surface area contributed by atoms with Gasteiger partial charge in [0.1, 0.15) is 29.3 Å². The van der Waals surface area contributed by atoms with E-state index in [4.69, 9.17) is 5.26 Å². The summed E-state index contributed by atoms with van der Waals surface area (Å²) in [7, 11) is 0. The molecule has 0 amide bonds. The van der Waals surface area contributed by atoms with E-state index in [1.165, 1.54) is 6.07 Å². The number of aryl methyl sites for hydroxylation is 1. The molecule has 0 aliphatic carbocycles. The Balaban J connectivity index is 1.89. The molecule has 24 heavy (non-hydrogen) atoms. The molecule has 0 spiro atoms. The van der Waals surface area contributed by atoms with Crippen molar-refractivity contribution in [2.45, 2.75) is 6.92 Å².